The van der Waals surface area contributed by atoms with Crippen LogP contribution in [0.5, 0.6) is 0 Å². The number of carbonyl (C=O) groups excluding carboxylic acids is 1. The second kappa shape index (κ2) is 4.92. The first-order valence-electron chi connectivity index (χ1n) is 6.21. The summed E-state index contributed by atoms with van der Waals surface area (Å²) in [6.07, 6.45) is 5.85. The maximum atomic E-state index is 11.9. The fourth-order valence-electron chi connectivity index (χ4n) is 2.37. The first-order chi connectivity index (χ1) is 8.14. The summed E-state index contributed by atoms with van der Waals surface area (Å²) in [5.41, 5.74) is -0.125. The minimum Gasteiger partial charge on any atom is -0.469 e. The van der Waals surface area contributed by atoms with Gasteiger partial charge in [-0.15, -0.1) is 0 Å². The van der Waals surface area contributed by atoms with Crippen molar-refractivity contribution >= 4 is 5.91 Å². The molecule has 1 aromatic heterocycles. The van der Waals surface area contributed by atoms with E-state index in [0.717, 1.165) is 25.7 Å². The van der Waals surface area contributed by atoms with Crippen molar-refractivity contribution in [3.63, 3.8) is 0 Å². The van der Waals surface area contributed by atoms with Gasteiger partial charge in [-0.1, -0.05) is 19.8 Å². The maximum Gasteiger partial charge on any atom is 0.254 e. The highest BCUT2D eigenvalue weighted by molar-refractivity contribution is 5.95. The lowest BCUT2D eigenvalue weighted by Crippen LogP contribution is -2.40. The third kappa shape index (κ3) is 2.69. The second-order valence-electron chi connectivity index (χ2n) is 4.73. The summed E-state index contributed by atoms with van der Waals surface area (Å²) in [7, 11) is 0. The lowest BCUT2D eigenvalue weighted by atomic mass is 10.0. The molecule has 4 nitrogen and oxygen atoms in total. The standard InChI is InChI=1S/C13H19NO3/c1-2-11-10(5-8-17-11)12(15)14-9-13(16)6-3-4-7-13/h5,8,16H,2-4,6-7,9H2,1H3,(H,14,15). The first-order valence-corrected chi connectivity index (χ1v) is 6.21. The highest BCUT2D eigenvalue weighted by Gasteiger charge is 2.31. The van der Waals surface area contributed by atoms with E-state index in [2.05, 4.69) is 5.32 Å². The van der Waals surface area contributed by atoms with Crippen LogP contribution in [-0.2, 0) is 6.42 Å². The van der Waals surface area contributed by atoms with E-state index in [-0.39, 0.29) is 5.91 Å². The number of amides is 1. The van der Waals surface area contributed by atoms with E-state index in [0.29, 0.717) is 24.3 Å². The summed E-state index contributed by atoms with van der Waals surface area (Å²) in [5, 5.41) is 12.9. The molecule has 0 saturated heterocycles. The van der Waals surface area contributed by atoms with Gasteiger partial charge in [0.05, 0.1) is 17.4 Å². The zero-order chi connectivity index (χ0) is 12.3. The Morgan fingerprint density at radius 3 is 2.88 bits per heavy atom. The number of furan rings is 1. The van der Waals surface area contributed by atoms with Crippen LogP contribution in [-0.4, -0.2) is 23.2 Å². The van der Waals surface area contributed by atoms with Gasteiger partial charge in [-0.25, -0.2) is 0 Å². The largest absolute Gasteiger partial charge is 0.469 e. The SMILES string of the molecule is CCc1occc1C(=O)NCC1(O)CCCC1. The van der Waals surface area contributed by atoms with E-state index in [4.69, 9.17) is 4.42 Å². The topological polar surface area (TPSA) is 62.5 Å². The Morgan fingerprint density at radius 1 is 1.53 bits per heavy atom. The molecule has 0 aliphatic heterocycles. The number of hydrogen-bond donors (Lipinski definition) is 2. The quantitative estimate of drug-likeness (QED) is 0.840. The summed E-state index contributed by atoms with van der Waals surface area (Å²) in [6, 6.07) is 1.67. The molecule has 0 spiro atoms. The van der Waals surface area contributed by atoms with Gasteiger partial charge in [0.25, 0.3) is 5.91 Å². The predicted molar refractivity (Wildman–Crippen MR) is 63.8 cm³/mol. The number of hydrogen-bond acceptors (Lipinski definition) is 3. The predicted octanol–water partition coefficient (Wildman–Crippen LogP) is 1.88. The van der Waals surface area contributed by atoms with Crippen LogP contribution < -0.4 is 5.32 Å². The molecule has 0 atom stereocenters. The molecule has 4 heteroatoms. The zero-order valence-corrected chi connectivity index (χ0v) is 10.2. The number of aliphatic hydroxyl groups is 1. The molecule has 1 aliphatic rings. The summed E-state index contributed by atoms with van der Waals surface area (Å²) < 4.78 is 5.21. The number of nitrogens with one attached hydrogen (secondary N) is 1. The van der Waals surface area contributed by atoms with Gasteiger partial charge in [-0.2, -0.15) is 0 Å². The number of carbonyl (C=O) groups is 1. The van der Waals surface area contributed by atoms with Gasteiger partial charge >= 0.3 is 0 Å². The Hall–Kier alpha value is -1.29. The van der Waals surface area contributed by atoms with Crippen molar-refractivity contribution in [2.24, 2.45) is 0 Å². The zero-order valence-electron chi connectivity index (χ0n) is 10.2. The molecule has 1 amide bonds. The van der Waals surface area contributed by atoms with E-state index in [1.807, 2.05) is 6.92 Å². The third-order valence-corrected chi connectivity index (χ3v) is 3.42. The molecule has 17 heavy (non-hydrogen) atoms. The fraction of sp³-hybridized carbons (Fsp3) is 0.615. The molecule has 0 radical (unpaired) electrons. The van der Waals surface area contributed by atoms with Gasteiger partial charge in [-0.3, -0.25) is 4.79 Å². The molecule has 2 N–H and O–H groups in total. The maximum absolute atomic E-state index is 11.9. The highest BCUT2D eigenvalue weighted by atomic mass is 16.3. The smallest absolute Gasteiger partial charge is 0.254 e. The third-order valence-electron chi connectivity index (χ3n) is 3.42. The molecule has 1 aromatic rings. The average molecular weight is 237 g/mol. The molecular formula is C13H19NO3. The van der Waals surface area contributed by atoms with Gasteiger partial charge in [0.2, 0.25) is 0 Å². The van der Waals surface area contributed by atoms with E-state index in [1.54, 1.807) is 6.07 Å². The molecule has 0 unspecified atom stereocenters. The van der Waals surface area contributed by atoms with Crippen LogP contribution >= 0.6 is 0 Å². The summed E-state index contributed by atoms with van der Waals surface area (Å²) in [6.45, 7) is 2.28. The highest BCUT2D eigenvalue weighted by Crippen LogP contribution is 2.28. The molecule has 1 heterocycles. The summed E-state index contributed by atoms with van der Waals surface area (Å²) in [4.78, 5) is 11.9. The van der Waals surface area contributed by atoms with Gasteiger partial charge < -0.3 is 14.8 Å². The molecule has 1 fully saturated rings. The van der Waals surface area contributed by atoms with Crippen molar-refractivity contribution in [3.05, 3.63) is 23.7 Å². The molecular weight excluding hydrogens is 218 g/mol. The first kappa shape index (κ1) is 12.2. The van der Waals surface area contributed by atoms with Gasteiger partial charge in [0, 0.05) is 13.0 Å². The van der Waals surface area contributed by atoms with Crippen LogP contribution in [0.15, 0.2) is 16.7 Å². The van der Waals surface area contributed by atoms with Crippen LogP contribution in [0.25, 0.3) is 0 Å². The van der Waals surface area contributed by atoms with Gasteiger partial charge in [-0.05, 0) is 18.9 Å². The Labute approximate surface area is 101 Å². The van der Waals surface area contributed by atoms with Crippen LogP contribution in [0.2, 0.25) is 0 Å². The monoisotopic (exact) mass is 237 g/mol. The minimum atomic E-state index is -0.703. The molecule has 0 bridgehead atoms. The van der Waals surface area contributed by atoms with E-state index >= 15 is 0 Å². The normalized spacial score (nSPS) is 18.2. The Kier molecular flexibility index (Phi) is 3.52. The average Bonchev–Trinajstić information content (AvgIpc) is 2.95. The van der Waals surface area contributed by atoms with Crippen LogP contribution in [0.3, 0.4) is 0 Å². The molecule has 1 aliphatic carbocycles. The van der Waals surface area contributed by atoms with E-state index in [1.165, 1.54) is 6.26 Å². The van der Waals surface area contributed by atoms with Crippen molar-refractivity contribution in [3.8, 4) is 0 Å². The lowest BCUT2D eigenvalue weighted by molar-refractivity contribution is 0.0449. The van der Waals surface area contributed by atoms with Crippen molar-refractivity contribution in [2.75, 3.05) is 6.54 Å². The van der Waals surface area contributed by atoms with Gasteiger partial charge in [0.1, 0.15) is 5.76 Å². The summed E-state index contributed by atoms with van der Waals surface area (Å²) >= 11 is 0. The van der Waals surface area contributed by atoms with Crippen LogP contribution in [0.1, 0.15) is 48.7 Å². The lowest BCUT2D eigenvalue weighted by Gasteiger charge is -2.22. The summed E-state index contributed by atoms with van der Waals surface area (Å²) in [5.74, 6) is 0.539. The Morgan fingerprint density at radius 2 is 2.24 bits per heavy atom. The molecule has 0 aromatic carbocycles. The van der Waals surface area contributed by atoms with Crippen molar-refractivity contribution in [2.45, 2.75) is 44.6 Å². The number of aryl methyl sites for hydroxylation is 1. The molecule has 2 rings (SSSR count). The second-order valence-corrected chi connectivity index (χ2v) is 4.73. The molecule has 1 saturated carbocycles. The van der Waals surface area contributed by atoms with Crippen molar-refractivity contribution < 1.29 is 14.3 Å². The Bertz CT molecular complexity index is 391. The number of rotatable bonds is 4. The van der Waals surface area contributed by atoms with Crippen molar-refractivity contribution in [1.82, 2.24) is 5.32 Å². The fourth-order valence-corrected chi connectivity index (χ4v) is 2.37. The van der Waals surface area contributed by atoms with Crippen LogP contribution in [0, 0.1) is 0 Å². The van der Waals surface area contributed by atoms with Gasteiger partial charge in [0.15, 0.2) is 0 Å². The van der Waals surface area contributed by atoms with Crippen molar-refractivity contribution in [1.29, 1.82) is 0 Å². The van der Waals surface area contributed by atoms with Crippen LogP contribution in [0.4, 0.5) is 0 Å². The molecule has 94 valence electrons. The van der Waals surface area contributed by atoms with E-state index in [9.17, 15) is 9.90 Å². The van der Waals surface area contributed by atoms with E-state index < -0.39 is 5.60 Å². The Balaban J connectivity index is 1.93. The minimum absolute atomic E-state index is 0.157.